The third kappa shape index (κ3) is 2.88. The molecule has 0 saturated carbocycles. The Morgan fingerprint density at radius 3 is 2.58 bits per heavy atom. The molecule has 0 aliphatic rings. The molecule has 0 amide bonds. The van der Waals surface area contributed by atoms with Crippen molar-refractivity contribution in [3.63, 3.8) is 0 Å². The number of hydrogen-bond acceptors (Lipinski definition) is 7. The van der Waals surface area contributed by atoms with E-state index < -0.39 is 0 Å². The number of nitrogens with zero attached hydrogens (tertiary/aromatic N) is 5. The lowest BCUT2D eigenvalue weighted by molar-refractivity contribution is 1.11. The third-order valence-electron chi connectivity index (χ3n) is 5.38. The molecule has 0 bridgehead atoms. The molecule has 4 aromatic heterocycles. The van der Waals surface area contributed by atoms with Crippen LogP contribution >= 0.6 is 23.1 Å². The fourth-order valence-electron chi connectivity index (χ4n) is 3.96. The van der Waals surface area contributed by atoms with Crippen molar-refractivity contribution in [3.8, 4) is 11.1 Å². The highest BCUT2D eigenvalue weighted by atomic mass is 32.2. The topological polar surface area (TPSA) is 64.5 Å². The van der Waals surface area contributed by atoms with Gasteiger partial charge in [0.2, 0.25) is 0 Å². The first-order valence-electron chi connectivity index (χ1n) is 10.1. The molecule has 0 fully saturated rings. The van der Waals surface area contributed by atoms with Crippen molar-refractivity contribution in [2.24, 2.45) is 0 Å². The monoisotopic (exact) mass is 439 g/mol. The summed E-state index contributed by atoms with van der Waals surface area (Å²) in [6.07, 6.45) is 1.65. The third-order valence-corrected chi connectivity index (χ3v) is 7.46. The largest absolute Gasteiger partial charge is 0.235 e. The molecule has 0 unspecified atom stereocenters. The first-order chi connectivity index (χ1) is 15.2. The van der Waals surface area contributed by atoms with Crippen LogP contribution < -0.4 is 0 Å². The van der Waals surface area contributed by atoms with E-state index in [0.717, 1.165) is 64.3 Å². The van der Waals surface area contributed by atoms with E-state index in [-0.39, 0.29) is 0 Å². The maximum atomic E-state index is 5.09. The molecule has 6 aromatic rings. The first kappa shape index (κ1) is 18.6. The van der Waals surface area contributed by atoms with Gasteiger partial charge in [-0.1, -0.05) is 55.0 Å². The fraction of sp³-hybridized carbons (Fsp3) is 0.125. The minimum Gasteiger partial charge on any atom is -0.235 e. The number of pyridine rings is 1. The Morgan fingerprint density at radius 1 is 0.903 bits per heavy atom. The van der Waals surface area contributed by atoms with Crippen molar-refractivity contribution in [3.05, 3.63) is 60.4 Å². The van der Waals surface area contributed by atoms with Crippen molar-refractivity contribution in [1.82, 2.24) is 25.1 Å². The molecule has 0 atom stereocenters. The average Bonchev–Trinajstić information content (AvgIpc) is 3.18. The lowest BCUT2D eigenvalue weighted by Gasteiger charge is -2.10. The van der Waals surface area contributed by atoms with Crippen molar-refractivity contribution in [2.75, 3.05) is 5.75 Å². The summed E-state index contributed by atoms with van der Waals surface area (Å²) in [6, 6.07) is 16.6. The molecule has 31 heavy (non-hydrogen) atoms. The zero-order chi connectivity index (χ0) is 20.9. The fourth-order valence-corrected chi connectivity index (χ4v) is 5.91. The molecular weight excluding hydrogens is 422 g/mol. The second-order valence-electron chi connectivity index (χ2n) is 7.34. The molecule has 0 saturated heterocycles. The van der Waals surface area contributed by atoms with Crippen LogP contribution in [0.15, 0.2) is 59.9 Å². The summed E-state index contributed by atoms with van der Waals surface area (Å²) in [5.74, 6) is 0.955. The van der Waals surface area contributed by atoms with E-state index in [1.54, 1.807) is 29.4 Å². The van der Waals surface area contributed by atoms with Crippen LogP contribution in [0.2, 0.25) is 0 Å². The van der Waals surface area contributed by atoms with Crippen LogP contribution in [-0.2, 0) is 0 Å². The van der Waals surface area contributed by atoms with Crippen LogP contribution in [-0.4, -0.2) is 30.9 Å². The summed E-state index contributed by atoms with van der Waals surface area (Å²) in [7, 11) is 0. The normalized spacial score (nSPS) is 11.8. The Labute approximate surface area is 186 Å². The van der Waals surface area contributed by atoms with Gasteiger partial charge in [0.15, 0.2) is 0 Å². The summed E-state index contributed by atoms with van der Waals surface area (Å²) in [5.41, 5.74) is 6.81. The predicted molar refractivity (Wildman–Crippen MR) is 130 cm³/mol. The average molecular weight is 440 g/mol. The van der Waals surface area contributed by atoms with Crippen LogP contribution in [0.3, 0.4) is 0 Å². The van der Waals surface area contributed by atoms with Crippen molar-refractivity contribution < 1.29 is 0 Å². The van der Waals surface area contributed by atoms with E-state index in [1.165, 1.54) is 5.56 Å². The molecular formula is C24H17N5S2. The number of aryl methyl sites for hydroxylation is 1. The lowest BCUT2D eigenvalue weighted by Crippen LogP contribution is -1.94. The number of hydrogen-bond donors (Lipinski definition) is 0. The minimum absolute atomic E-state index is 0.804. The molecule has 0 aliphatic heterocycles. The van der Waals surface area contributed by atoms with Gasteiger partial charge in [0, 0.05) is 16.3 Å². The van der Waals surface area contributed by atoms with Gasteiger partial charge in [-0.15, -0.1) is 33.3 Å². The van der Waals surface area contributed by atoms with Gasteiger partial charge in [0.05, 0.1) is 15.7 Å². The standard InChI is InChI=1S/C24H17N5S2/c1-3-30-24-22-21(25-12-26-24)18-17(14-10-8-13(2)9-11-14)20-19(27-23(18)31-22)15-6-4-5-7-16(15)28-29-20/h4-12H,3H2,1-2H3. The van der Waals surface area contributed by atoms with E-state index in [2.05, 4.69) is 64.3 Å². The van der Waals surface area contributed by atoms with Gasteiger partial charge >= 0.3 is 0 Å². The highest BCUT2D eigenvalue weighted by molar-refractivity contribution is 7.99. The van der Waals surface area contributed by atoms with Gasteiger partial charge in [0.1, 0.15) is 27.2 Å². The van der Waals surface area contributed by atoms with Gasteiger partial charge in [-0.2, -0.15) is 0 Å². The van der Waals surface area contributed by atoms with E-state index >= 15 is 0 Å². The predicted octanol–water partition coefficient (Wildman–Crippen LogP) is 6.42. The minimum atomic E-state index is 0.804. The SMILES string of the molecule is CCSc1ncnc2c1sc1nc3c(nnc4ccccc43)c(-c3ccc(C)cc3)c12. The molecule has 0 spiro atoms. The van der Waals surface area contributed by atoms with Gasteiger partial charge in [-0.05, 0) is 24.3 Å². The molecule has 2 aromatic carbocycles. The summed E-state index contributed by atoms with van der Waals surface area (Å²) >= 11 is 3.39. The molecule has 0 N–H and O–H groups in total. The molecule has 4 heterocycles. The molecule has 150 valence electrons. The molecule has 0 radical (unpaired) electrons. The highest BCUT2D eigenvalue weighted by Gasteiger charge is 2.21. The second-order valence-corrected chi connectivity index (χ2v) is 9.59. The Balaban J connectivity index is 1.85. The Kier molecular flexibility index (Phi) is 4.33. The maximum Gasteiger partial charge on any atom is 0.127 e. The Morgan fingerprint density at radius 2 is 1.74 bits per heavy atom. The number of thiophene rings is 1. The van der Waals surface area contributed by atoms with Crippen LogP contribution in [0.5, 0.6) is 0 Å². The van der Waals surface area contributed by atoms with Crippen LogP contribution in [0.4, 0.5) is 0 Å². The van der Waals surface area contributed by atoms with Gasteiger partial charge < -0.3 is 0 Å². The summed E-state index contributed by atoms with van der Waals surface area (Å²) in [5, 5.41) is 12.2. The molecule has 0 aliphatic carbocycles. The summed E-state index contributed by atoms with van der Waals surface area (Å²) in [4.78, 5) is 15.3. The number of thioether (sulfide) groups is 1. The summed E-state index contributed by atoms with van der Waals surface area (Å²) < 4.78 is 1.08. The zero-order valence-electron chi connectivity index (χ0n) is 17.0. The number of rotatable bonds is 3. The van der Waals surface area contributed by atoms with Gasteiger partial charge in [-0.3, -0.25) is 0 Å². The van der Waals surface area contributed by atoms with E-state index in [1.807, 2.05) is 18.2 Å². The smallest absolute Gasteiger partial charge is 0.127 e. The van der Waals surface area contributed by atoms with E-state index in [4.69, 9.17) is 4.98 Å². The van der Waals surface area contributed by atoms with Gasteiger partial charge in [0.25, 0.3) is 0 Å². The molecule has 5 nitrogen and oxygen atoms in total. The lowest BCUT2D eigenvalue weighted by atomic mass is 9.99. The first-order valence-corrected chi connectivity index (χ1v) is 11.9. The number of benzene rings is 2. The van der Waals surface area contributed by atoms with Crippen LogP contribution in [0, 0.1) is 6.92 Å². The van der Waals surface area contributed by atoms with Gasteiger partial charge in [-0.25, -0.2) is 15.0 Å². The summed E-state index contributed by atoms with van der Waals surface area (Å²) in [6.45, 7) is 4.23. The quantitative estimate of drug-likeness (QED) is 0.180. The van der Waals surface area contributed by atoms with Crippen molar-refractivity contribution in [1.29, 1.82) is 0 Å². The number of aromatic nitrogens is 5. The second kappa shape index (κ2) is 7.21. The van der Waals surface area contributed by atoms with E-state index in [9.17, 15) is 0 Å². The molecule has 7 heteroatoms. The molecule has 6 rings (SSSR count). The van der Waals surface area contributed by atoms with Crippen LogP contribution in [0.1, 0.15) is 12.5 Å². The Hall–Kier alpha value is -3.16. The number of fused-ring (bicyclic) bond motifs is 6. The highest BCUT2D eigenvalue weighted by Crippen LogP contribution is 2.44. The van der Waals surface area contributed by atoms with Crippen molar-refractivity contribution in [2.45, 2.75) is 18.9 Å². The van der Waals surface area contributed by atoms with E-state index in [0.29, 0.717) is 0 Å². The Bertz CT molecular complexity index is 1610. The van der Waals surface area contributed by atoms with Crippen LogP contribution in [0.25, 0.3) is 53.5 Å². The maximum absolute atomic E-state index is 5.09. The zero-order valence-corrected chi connectivity index (χ0v) is 18.6. The van der Waals surface area contributed by atoms with Crippen molar-refractivity contribution >= 4 is 65.5 Å².